The summed E-state index contributed by atoms with van der Waals surface area (Å²) in [7, 11) is -3.06. The molecule has 20 heavy (non-hydrogen) atoms. The third kappa shape index (κ3) is 3.96. The van der Waals surface area contributed by atoms with Gasteiger partial charge in [0.15, 0.2) is 9.84 Å². The van der Waals surface area contributed by atoms with Crippen LogP contribution < -0.4 is 10.9 Å². The number of sulfone groups is 1. The summed E-state index contributed by atoms with van der Waals surface area (Å²) in [6.45, 7) is 2.36. The predicted molar refractivity (Wildman–Crippen MR) is 79.0 cm³/mol. The lowest BCUT2D eigenvalue weighted by Crippen LogP contribution is -2.28. The average Bonchev–Trinajstić information content (AvgIpc) is 3.21. The van der Waals surface area contributed by atoms with E-state index < -0.39 is 9.84 Å². The van der Waals surface area contributed by atoms with Gasteiger partial charge in [0, 0.05) is 18.8 Å². The maximum absolute atomic E-state index is 12.2. The second-order valence-corrected chi connectivity index (χ2v) is 7.84. The van der Waals surface area contributed by atoms with Crippen molar-refractivity contribution in [1.82, 2.24) is 9.78 Å². The molecule has 112 valence electrons. The third-order valence-electron chi connectivity index (χ3n) is 3.28. The van der Waals surface area contributed by atoms with Gasteiger partial charge in [0.25, 0.3) is 5.56 Å². The standard InChI is InChI=1S/C12H18ClN3O3S/c1-2-20(18,19)6-5-14-11-10(13)7-15-16(12(11)17)8-9-3-4-9/h7,9,14H,2-6,8H2,1H3. The first-order chi connectivity index (χ1) is 9.43. The molecule has 1 heterocycles. The van der Waals surface area contributed by atoms with Gasteiger partial charge in [-0.25, -0.2) is 13.1 Å². The minimum absolute atomic E-state index is 0.0236. The number of anilines is 1. The highest BCUT2D eigenvalue weighted by Crippen LogP contribution is 2.30. The van der Waals surface area contributed by atoms with E-state index in [-0.39, 0.29) is 34.3 Å². The van der Waals surface area contributed by atoms with Gasteiger partial charge in [0.05, 0.1) is 17.0 Å². The van der Waals surface area contributed by atoms with Gasteiger partial charge in [0.2, 0.25) is 0 Å². The van der Waals surface area contributed by atoms with E-state index in [1.807, 2.05) is 0 Å². The van der Waals surface area contributed by atoms with E-state index in [1.54, 1.807) is 6.92 Å². The van der Waals surface area contributed by atoms with Crippen molar-refractivity contribution in [3.05, 3.63) is 21.6 Å². The number of aromatic nitrogens is 2. The molecular formula is C12H18ClN3O3S. The van der Waals surface area contributed by atoms with Gasteiger partial charge in [-0.05, 0) is 18.8 Å². The summed E-state index contributed by atoms with van der Waals surface area (Å²) in [6, 6.07) is 0. The minimum Gasteiger partial charge on any atom is -0.378 e. The molecule has 0 aromatic carbocycles. The summed E-state index contributed by atoms with van der Waals surface area (Å²) in [5, 5.41) is 7.05. The van der Waals surface area contributed by atoms with Crippen LogP contribution in [0.5, 0.6) is 0 Å². The number of nitrogens with one attached hydrogen (secondary N) is 1. The van der Waals surface area contributed by atoms with Crippen LogP contribution in [0.15, 0.2) is 11.0 Å². The second kappa shape index (κ2) is 6.13. The van der Waals surface area contributed by atoms with Crippen LogP contribution in [0.2, 0.25) is 5.02 Å². The minimum atomic E-state index is -3.06. The van der Waals surface area contributed by atoms with Gasteiger partial charge in [-0.15, -0.1) is 0 Å². The van der Waals surface area contributed by atoms with Gasteiger partial charge in [0.1, 0.15) is 5.69 Å². The maximum atomic E-state index is 12.2. The normalized spacial score (nSPS) is 15.3. The molecule has 1 fully saturated rings. The molecule has 1 aliphatic carbocycles. The molecule has 1 saturated carbocycles. The Hall–Kier alpha value is -1.08. The molecule has 6 nitrogen and oxygen atoms in total. The van der Waals surface area contributed by atoms with E-state index >= 15 is 0 Å². The SMILES string of the molecule is CCS(=O)(=O)CCNc1c(Cl)cnn(CC2CC2)c1=O. The van der Waals surface area contributed by atoms with Crippen molar-refractivity contribution in [3.8, 4) is 0 Å². The van der Waals surface area contributed by atoms with Crippen LogP contribution in [0.3, 0.4) is 0 Å². The molecular weight excluding hydrogens is 302 g/mol. The van der Waals surface area contributed by atoms with Gasteiger partial charge in [-0.2, -0.15) is 5.10 Å². The largest absolute Gasteiger partial charge is 0.378 e. The van der Waals surface area contributed by atoms with Gasteiger partial charge < -0.3 is 5.32 Å². The summed E-state index contributed by atoms with van der Waals surface area (Å²) in [6.07, 6.45) is 3.66. The average molecular weight is 320 g/mol. The second-order valence-electron chi connectivity index (χ2n) is 4.96. The fourth-order valence-electron chi connectivity index (χ4n) is 1.78. The molecule has 1 N–H and O–H groups in total. The van der Waals surface area contributed by atoms with E-state index in [0.717, 1.165) is 12.8 Å². The van der Waals surface area contributed by atoms with E-state index in [0.29, 0.717) is 12.5 Å². The number of nitrogens with zero attached hydrogens (tertiary/aromatic N) is 2. The quantitative estimate of drug-likeness (QED) is 0.815. The Balaban J connectivity index is 2.08. The summed E-state index contributed by atoms with van der Waals surface area (Å²) in [5.41, 5.74) is -0.0630. The van der Waals surface area contributed by atoms with Crippen LogP contribution in [0.25, 0.3) is 0 Å². The number of rotatable bonds is 7. The zero-order chi connectivity index (χ0) is 14.8. The molecule has 0 saturated heterocycles. The molecule has 1 aromatic heterocycles. The molecule has 0 radical (unpaired) electrons. The van der Waals surface area contributed by atoms with Crippen LogP contribution in [-0.4, -0.2) is 36.2 Å². The van der Waals surface area contributed by atoms with Gasteiger partial charge in [-0.3, -0.25) is 4.79 Å². The monoisotopic (exact) mass is 319 g/mol. The van der Waals surface area contributed by atoms with Crippen molar-refractivity contribution in [2.24, 2.45) is 5.92 Å². The topological polar surface area (TPSA) is 81.1 Å². The molecule has 0 bridgehead atoms. The van der Waals surface area contributed by atoms with Crippen LogP contribution in [0, 0.1) is 5.92 Å². The Morgan fingerprint density at radius 2 is 2.20 bits per heavy atom. The highest BCUT2D eigenvalue weighted by atomic mass is 35.5. The van der Waals surface area contributed by atoms with Crippen molar-refractivity contribution < 1.29 is 8.42 Å². The van der Waals surface area contributed by atoms with Crippen LogP contribution >= 0.6 is 11.6 Å². The predicted octanol–water partition coefficient (Wildman–Crippen LogP) is 1.15. The van der Waals surface area contributed by atoms with Crippen molar-refractivity contribution >= 4 is 27.1 Å². The van der Waals surface area contributed by atoms with E-state index in [1.165, 1.54) is 10.9 Å². The summed E-state index contributed by atoms with van der Waals surface area (Å²) in [4.78, 5) is 12.2. The highest BCUT2D eigenvalue weighted by molar-refractivity contribution is 7.91. The molecule has 2 rings (SSSR count). The number of hydrogen-bond donors (Lipinski definition) is 1. The van der Waals surface area contributed by atoms with Crippen molar-refractivity contribution in [2.45, 2.75) is 26.3 Å². The zero-order valence-corrected chi connectivity index (χ0v) is 12.9. The fraction of sp³-hybridized carbons (Fsp3) is 0.667. The summed E-state index contributed by atoms with van der Waals surface area (Å²) in [5.74, 6) is 0.587. The lowest BCUT2D eigenvalue weighted by atomic mass is 10.4. The molecule has 0 unspecified atom stereocenters. The highest BCUT2D eigenvalue weighted by Gasteiger charge is 2.23. The number of hydrogen-bond acceptors (Lipinski definition) is 5. The molecule has 0 spiro atoms. The van der Waals surface area contributed by atoms with Gasteiger partial charge in [-0.1, -0.05) is 18.5 Å². The first kappa shape index (κ1) is 15.3. The van der Waals surface area contributed by atoms with E-state index in [2.05, 4.69) is 10.4 Å². The summed E-state index contributed by atoms with van der Waals surface area (Å²) < 4.78 is 24.2. The first-order valence-corrected chi connectivity index (χ1v) is 8.83. The molecule has 1 aromatic rings. The molecule has 8 heteroatoms. The first-order valence-electron chi connectivity index (χ1n) is 6.63. The Morgan fingerprint density at radius 3 is 2.80 bits per heavy atom. The molecule has 0 amide bonds. The van der Waals surface area contributed by atoms with Crippen molar-refractivity contribution in [3.63, 3.8) is 0 Å². The lowest BCUT2D eigenvalue weighted by Gasteiger charge is -2.10. The van der Waals surface area contributed by atoms with Crippen molar-refractivity contribution in [1.29, 1.82) is 0 Å². The molecule has 0 atom stereocenters. The van der Waals surface area contributed by atoms with Crippen LogP contribution in [0.4, 0.5) is 5.69 Å². The van der Waals surface area contributed by atoms with Gasteiger partial charge >= 0.3 is 0 Å². The Kier molecular flexibility index (Phi) is 4.70. The molecule has 1 aliphatic rings. The zero-order valence-electron chi connectivity index (χ0n) is 11.3. The smallest absolute Gasteiger partial charge is 0.291 e. The van der Waals surface area contributed by atoms with Crippen molar-refractivity contribution in [2.75, 3.05) is 23.4 Å². The third-order valence-corrected chi connectivity index (χ3v) is 5.27. The maximum Gasteiger partial charge on any atom is 0.291 e. The van der Waals surface area contributed by atoms with Crippen LogP contribution in [-0.2, 0) is 16.4 Å². The van der Waals surface area contributed by atoms with E-state index in [9.17, 15) is 13.2 Å². The lowest BCUT2D eigenvalue weighted by molar-refractivity contribution is 0.534. The number of halogens is 1. The Bertz CT molecular complexity index is 638. The molecule has 0 aliphatic heterocycles. The summed E-state index contributed by atoms with van der Waals surface area (Å²) >= 11 is 5.95. The van der Waals surface area contributed by atoms with Crippen LogP contribution in [0.1, 0.15) is 19.8 Å². The fourth-order valence-corrected chi connectivity index (χ4v) is 2.67. The Morgan fingerprint density at radius 1 is 1.50 bits per heavy atom. The van der Waals surface area contributed by atoms with E-state index in [4.69, 9.17) is 11.6 Å². The Labute approximate surface area is 123 Å².